The standard InChI is InChI=1S/C24H28N2O6/c1-3-30-19-12-13-21(32-14-6-5-7-22(27)28)20(15-19)23(24(29)31-4-2)26-18-10-8-17(16-25)9-11-18/h8-13,15,23,26H,3-7,14H2,1-2H3,(H,27,28)/p-1. The van der Waals surface area contributed by atoms with Gasteiger partial charge in [-0.15, -0.1) is 0 Å². The van der Waals surface area contributed by atoms with Crippen LogP contribution in [0.2, 0.25) is 0 Å². The Morgan fingerprint density at radius 3 is 2.44 bits per heavy atom. The highest BCUT2D eigenvalue weighted by Crippen LogP contribution is 2.33. The molecule has 32 heavy (non-hydrogen) atoms. The molecule has 0 aromatic heterocycles. The second-order valence-corrected chi connectivity index (χ2v) is 6.83. The number of carbonyl (C=O) groups excluding carboxylic acids is 2. The highest BCUT2D eigenvalue weighted by Gasteiger charge is 2.26. The van der Waals surface area contributed by atoms with Crippen LogP contribution in [0.5, 0.6) is 11.5 Å². The normalized spacial score (nSPS) is 11.2. The van der Waals surface area contributed by atoms with E-state index in [0.717, 1.165) is 0 Å². The van der Waals surface area contributed by atoms with Gasteiger partial charge in [-0.3, -0.25) is 0 Å². The molecule has 0 saturated heterocycles. The molecule has 1 N–H and O–H groups in total. The van der Waals surface area contributed by atoms with Gasteiger partial charge in [0.1, 0.15) is 11.5 Å². The first-order valence-electron chi connectivity index (χ1n) is 10.5. The third kappa shape index (κ3) is 7.51. The summed E-state index contributed by atoms with van der Waals surface area (Å²) in [5, 5.41) is 22.7. The van der Waals surface area contributed by atoms with Crippen molar-refractivity contribution in [3.05, 3.63) is 53.6 Å². The maximum atomic E-state index is 12.8. The molecule has 2 aromatic carbocycles. The van der Waals surface area contributed by atoms with Crippen LogP contribution in [0, 0.1) is 11.3 Å². The van der Waals surface area contributed by atoms with Crippen LogP contribution in [-0.2, 0) is 14.3 Å². The highest BCUT2D eigenvalue weighted by atomic mass is 16.5. The zero-order chi connectivity index (χ0) is 23.3. The van der Waals surface area contributed by atoms with E-state index in [-0.39, 0.29) is 19.6 Å². The topological polar surface area (TPSA) is 121 Å². The number of nitrogens with zero attached hydrogens (tertiary/aromatic N) is 1. The Balaban J connectivity index is 2.32. The van der Waals surface area contributed by atoms with Crippen molar-refractivity contribution in [1.82, 2.24) is 0 Å². The Hall–Kier alpha value is -3.73. The van der Waals surface area contributed by atoms with Crippen molar-refractivity contribution >= 4 is 17.6 Å². The van der Waals surface area contributed by atoms with Gasteiger partial charge in [0.25, 0.3) is 0 Å². The van der Waals surface area contributed by atoms with Gasteiger partial charge in [0.15, 0.2) is 6.04 Å². The maximum absolute atomic E-state index is 12.8. The molecule has 2 aromatic rings. The Labute approximate surface area is 187 Å². The molecular weight excluding hydrogens is 412 g/mol. The SMILES string of the molecule is CCOC(=O)C(Nc1ccc(C#N)cc1)c1cc(OCC)ccc1OCCCCC(=O)[O-]. The summed E-state index contributed by atoms with van der Waals surface area (Å²) in [5.41, 5.74) is 1.66. The summed E-state index contributed by atoms with van der Waals surface area (Å²) in [7, 11) is 0. The lowest BCUT2D eigenvalue weighted by atomic mass is 10.0. The van der Waals surface area contributed by atoms with Crippen molar-refractivity contribution in [3.8, 4) is 17.6 Å². The van der Waals surface area contributed by atoms with Crippen molar-refractivity contribution in [3.63, 3.8) is 0 Å². The van der Waals surface area contributed by atoms with Gasteiger partial charge in [-0.25, -0.2) is 4.79 Å². The largest absolute Gasteiger partial charge is 0.550 e. The van der Waals surface area contributed by atoms with Crippen LogP contribution in [0.1, 0.15) is 50.3 Å². The molecule has 0 aliphatic rings. The summed E-state index contributed by atoms with van der Waals surface area (Å²) in [6.07, 6.45) is 0.915. The molecule has 1 unspecified atom stereocenters. The third-order valence-corrected chi connectivity index (χ3v) is 4.48. The lowest BCUT2D eigenvalue weighted by Crippen LogP contribution is -2.24. The van der Waals surface area contributed by atoms with Crippen LogP contribution in [-0.4, -0.2) is 31.8 Å². The van der Waals surface area contributed by atoms with E-state index in [2.05, 4.69) is 11.4 Å². The minimum Gasteiger partial charge on any atom is -0.550 e. The van der Waals surface area contributed by atoms with Gasteiger partial charge in [0.2, 0.25) is 0 Å². The van der Waals surface area contributed by atoms with Crippen LogP contribution in [0.15, 0.2) is 42.5 Å². The number of carboxylic acids is 1. The van der Waals surface area contributed by atoms with Gasteiger partial charge in [0.05, 0.1) is 31.5 Å². The summed E-state index contributed by atoms with van der Waals surface area (Å²) >= 11 is 0. The Bertz CT molecular complexity index is 936. The predicted molar refractivity (Wildman–Crippen MR) is 116 cm³/mol. The molecule has 0 heterocycles. The number of nitrogens with one attached hydrogen (secondary N) is 1. The average molecular weight is 439 g/mol. The zero-order valence-electron chi connectivity index (χ0n) is 18.3. The molecule has 0 spiro atoms. The first-order chi connectivity index (χ1) is 15.5. The fraction of sp³-hybridized carbons (Fsp3) is 0.375. The molecule has 8 heteroatoms. The quantitative estimate of drug-likeness (QED) is 0.373. The number of rotatable bonds is 13. The van der Waals surface area contributed by atoms with E-state index in [9.17, 15) is 14.7 Å². The van der Waals surface area contributed by atoms with Crippen molar-refractivity contribution in [2.75, 3.05) is 25.1 Å². The number of carboxylic acid groups (broad SMARTS) is 1. The smallest absolute Gasteiger partial charge is 0.333 e. The van der Waals surface area contributed by atoms with Gasteiger partial charge in [-0.2, -0.15) is 5.26 Å². The minimum atomic E-state index is -1.10. The summed E-state index contributed by atoms with van der Waals surface area (Å²) in [6, 6.07) is 13.1. The van der Waals surface area contributed by atoms with Gasteiger partial charge < -0.3 is 29.4 Å². The molecule has 0 radical (unpaired) electrons. The van der Waals surface area contributed by atoms with Gasteiger partial charge in [-0.1, -0.05) is 0 Å². The molecule has 2 rings (SSSR count). The van der Waals surface area contributed by atoms with E-state index in [4.69, 9.17) is 19.5 Å². The van der Waals surface area contributed by atoms with Crippen LogP contribution < -0.4 is 19.9 Å². The van der Waals surface area contributed by atoms with Gasteiger partial charge >= 0.3 is 5.97 Å². The molecule has 0 aliphatic heterocycles. The first-order valence-corrected chi connectivity index (χ1v) is 10.5. The molecule has 0 bridgehead atoms. The molecule has 0 fully saturated rings. The molecule has 0 saturated carbocycles. The Morgan fingerprint density at radius 2 is 1.81 bits per heavy atom. The van der Waals surface area contributed by atoms with Crippen LogP contribution >= 0.6 is 0 Å². The monoisotopic (exact) mass is 439 g/mol. The number of hydrogen-bond acceptors (Lipinski definition) is 8. The number of unbranched alkanes of at least 4 members (excludes halogenated alkanes) is 1. The number of nitriles is 1. The lowest BCUT2D eigenvalue weighted by Gasteiger charge is -2.22. The van der Waals surface area contributed by atoms with Crippen LogP contribution in [0.4, 0.5) is 5.69 Å². The molecular formula is C24H27N2O6-. The number of esters is 1. The fourth-order valence-electron chi connectivity index (χ4n) is 2.99. The van der Waals surface area contributed by atoms with E-state index in [1.165, 1.54) is 0 Å². The number of carbonyl (C=O) groups is 2. The van der Waals surface area contributed by atoms with E-state index in [1.54, 1.807) is 49.4 Å². The number of aliphatic carboxylic acids is 1. The zero-order valence-corrected chi connectivity index (χ0v) is 18.3. The number of anilines is 1. The second-order valence-electron chi connectivity index (χ2n) is 6.83. The van der Waals surface area contributed by atoms with Crippen molar-refractivity contribution < 1.29 is 28.9 Å². The highest BCUT2D eigenvalue weighted by molar-refractivity contribution is 5.82. The summed E-state index contributed by atoms with van der Waals surface area (Å²) in [5.74, 6) is -0.558. The van der Waals surface area contributed by atoms with E-state index >= 15 is 0 Å². The van der Waals surface area contributed by atoms with Gasteiger partial charge in [0, 0.05) is 17.2 Å². The van der Waals surface area contributed by atoms with Crippen molar-refractivity contribution in [1.29, 1.82) is 5.26 Å². The average Bonchev–Trinajstić information content (AvgIpc) is 2.78. The van der Waals surface area contributed by atoms with Crippen LogP contribution in [0.25, 0.3) is 0 Å². The van der Waals surface area contributed by atoms with Gasteiger partial charge in [-0.05, 0) is 75.6 Å². The van der Waals surface area contributed by atoms with E-state index in [0.29, 0.717) is 47.8 Å². The number of ether oxygens (including phenoxy) is 3. The Morgan fingerprint density at radius 1 is 1.06 bits per heavy atom. The maximum Gasteiger partial charge on any atom is 0.333 e. The summed E-state index contributed by atoms with van der Waals surface area (Å²) in [4.78, 5) is 23.4. The fourth-order valence-corrected chi connectivity index (χ4v) is 2.99. The predicted octanol–water partition coefficient (Wildman–Crippen LogP) is 2.97. The molecule has 170 valence electrons. The van der Waals surface area contributed by atoms with Crippen molar-refractivity contribution in [2.45, 2.75) is 39.2 Å². The summed E-state index contributed by atoms with van der Waals surface area (Å²) in [6.45, 7) is 4.52. The lowest BCUT2D eigenvalue weighted by molar-refractivity contribution is -0.305. The molecule has 0 amide bonds. The molecule has 1 atom stereocenters. The first kappa shape index (κ1) is 24.5. The number of benzene rings is 2. The minimum absolute atomic E-state index is 0.0365. The van der Waals surface area contributed by atoms with Crippen molar-refractivity contribution in [2.24, 2.45) is 0 Å². The third-order valence-electron chi connectivity index (χ3n) is 4.48. The molecule has 0 aliphatic carbocycles. The van der Waals surface area contributed by atoms with E-state index < -0.39 is 18.0 Å². The molecule has 8 nitrogen and oxygen atoms in total. The summed E-state index contributed by atoms with van der Waals surface area (Å²) < 4.78 is 16.8. The number of hydrogen-bond donors (Lipinski definition) is 1. The van der Waals surface area contributed by atoms with Crippen LogP contribution in [0.3, 0.4) is 0 Å². The second kappa shape index (κ2) is 12.8. The Kier molecular flexibility index (Phi) is 9.85. The van der Waals surface area contributed by atoms with E-state index in [1.807, 2.05) is 6.92 Å².